The minimum atomic E-state index is 0.509. The number of nitrogens with zero attached hydrogens (tertiary/aromatic N) is 1. The minimum absolute atomic E-state index is 0.509. The number of aryl methyl sites for hydroxylation is 1. The molecular formula is C17H23NOS. The molecule has 0 amide bonds. The quantitative estimate of drug-likeness (QED) is 0.767. The van der Waals surface area contributed by atoms with Gasteiger partial charge >= 0.3 is 0 Å². The third-order valence-corrected chi connectivity index (χ3v) is 4.12. The fourth-order valence-electron chi connectivity index (χ4n) is 2.32. The van der Waals surface area contributed by atoms with Gasteiger partial charge in [-0.3, -0.25) is 0 Å². The topological polar surface area (TPSA) is 12.5 Å². The molecule has 1 aromatic heterocycles. The van der Waals surface area contributed by atoms with Crippen LogP contribution in [0.5, 0.6) is 5.06 Å². The molecule has 0 aliphatic heterocycles. The van der Waals surface area contributed by atoms with E-state index >= 15 is 0 Å². The highest BCUT2D eigenvalue weighted by molar-refractivity contribution is 7.12. The molecule has 1 aromatic carbocycles. The summed E-state index contributed by atoms with van der Waals surface area (Å²) in [6.07, 6.45) is 1.06. The molecule has 0 spiro atoms. The van der Waals surface area contributed by atoms with Crippen LogP contribution in [0, 0.1) is 12.8 Å². The van der Waals surface area contributed by atoms with Crippen molar-refractivity contribution in [2.24, 2.45) is 5.92 Å². The second-order valence-corrected chi connectivity index (χ2v) is 6.45. The number of hydrogen-bond donors (Lipinski definition) is 0. The second kappa shape index (κ2) is 7.46. The molecule has 0 saturated heterocycles. The van der Waals surface area contributed by atoms with Gasteiger partial charge in [-0.15, -0.1) is 11.3 Å². The van der Waals surface area contributed by atoms with Crippen LogP contribution in [0.25, 0.3) is 0 Å². The first-order valence-electron chi connectivity index (χ1n) is 7.00. The SMILES string of the molecule is Cc1csc(OCC(Cc2ccccc2)CN(C)C)c1. The Balaban J connectivity index is 1.93. The number of thiophene rings is 1. The Morgan fingerprint density at radius 1 is 1.20 bits per heavy atom. The van der Waals surface area contributed by atoms with Crippen molar-refractivity contribution in [2.75, 3.05) is 27.2 Å². The molecule has 2 aromatic rings. The molecule has 0 saturated carbocycles. The monoisotopic (exact) mass is 289 g/mol. The zero-order valence-corrected chi connectivity index (χ0v) is 13.3. The Kier molecular flexibility index (Phi) is 5.62. The smallest absolute Gasteiger partial charge is 0.173 e. The summed E-state index contributed by atoms with van der Waals surface area (Å²) in [4.78, 5) is 2.23. The van der Waals surface area contributed by atoms with E-state index in [4.69, 9.17) is 4.74 Å². The van der Waals surface area contributed by atoms with Crippen molar-refractivity contribution in [3.05, 3.63) is 52.9 Å². The van der Waals surface area contributed by atoms with Gasteiger partial charge < -0.3 is 9.64 Å². The Morgan fingerprint density at radius 2 is 1.95 bits per heavy atom. The lowest BCUT2D eigenvalue weighted by molar-refractivity contribution is 0.213. The van der Waals surface area contributed by atoms with Gasteiger partial charge in [0.2, 0.25) is 0 Å². The lowest BCUT2D eigenvalue weighted by Crippen LogP contribution is -2.27. The van der Waals surface area contributed by atoms with Gasteiger partial charge in [-0.2, -0.15) is 0 Å². The largest absolute Gasteiger partial charge is 0.484 e. The third-order valence-electron chi connectivity index (χ3n) is 3.16. The van der Waals surface area contributed by atoms with Gasteiger partial charge in [0.25, 0.3) is 0 Å². The van der Waals surface area contributed by atoms with Gasteiger partial charge in [-0.25, -0.2) is 0 Å². The third kappa shape index (κ3) is 4.99. The summed E-state index contributed by atoms with van der Waals surface area (Å²) in [7, 11) is 4.24. The fraction of sp³-hybridized carbons (Fsp3) is 0.412. The predicted octanol–water partition coefficient (Wildman–Crippen LogP) is 3.86. The van der Waals surface area contributed by atoms with Crippen LogP contribution in [0.4, 0.5) is 0 Å². The van der Waals surface area contributed by atoms with Crippen LogP contribution in [0.2, 0.25) is 0 Å². The maximum atomic E-state index is 5.95. The first kappa shape index (κ1) is 15.1. The normalized spacial score (nSPS) is 12.6. The van der Waals surface area contributed by atoms with Crippen molar-refractivity contribution < 1.29 is 4.74 Å². The predicted molar refractivity (Wildman–Crippen MR) is 86.7 cm³/mol. The molecule has 0 aliphatic rings. The van der Waals surface area contributed by atoms with Gasteiger partial charge in [-0.05, 0) is 50.0 Å². The van der Waals surface area contributed by atoms with Crippen molar-refractivity contribution in [3.8, 4) is 5.06 Å². The van der Waals surface area contributed by atoms with Crippen LogP contribution < -0.4 is 4.74 Å². The minimum Gasteiger partial charge on any atom is -0.484 e. The molecular weight excluding hydrogens is 266 g/mol. The van der Waals surface area contributed by atoms with E-state index in [2.05, 4.69) is 67.7 Å². The highest BCUT2D eigenvalue weighted by atomic mass is 32.1. The highest BCUT2D eigenvalue weighted by Crippen LogP contribution is 2.23. The first-order valence-corrected chi connectivity index (χ1v) is 7.88. The van der Waals surface area contributed by atoms with Crippen LogP contribution in [0.3, 0.4) is 0 Å². The number of benzene rings is 1. The van der Waals surface area contributed by atoms with Crippen LogP contribution in [-0.2, 0) is 6.42 Å². The molecule has 20 heavy (non-hydrogen) atoms. The molecule has 3 heteroatoms. The van der Waals surface area contributed by atoms with Crippen molar-refractivity contribution in [3.63, 3.8) is 0 Å². The highest BCUT2D eigenvalue weighted by Gasteiger charge is 2.12. The average molecular weight is 289 g/mol. The van der Waals surface area contributed by atoms with Crippen molar-refractivity contribution in [2.45, 2.75) is 13.3 Å². The number of hydrogen-bond acceptors (Lipinski definition) is 3. The summed E-state index contributed by atoms with van der Waals surface area (Å²) in [6.45, 7) is 3.91. The lowest BCUT2D eigenvalue weighted by atomic mass is 10.00. The van der Waals surface area contributed by atoms with Gasteiger partial charge in [0.1, 0.15) is 0 Å². The van der Waals surface area contributed by atoms with Gasteiger partial charge in [0, 0.05) is 12.5 Å². The molecule has 0 aliphatic carbocycles. The van der Waals surface area contributed by atoms with E-state index in [1.165, 1.54) is 11.1 Å². The van der Waals surface area contributed by atoms with Crippen LogP contribution in [0.15, 0.2) is 41.8 Å². The van der Waals surface area contributed by atoms with E-state index in [0.717, 1.165) is 24.6 Å². The zero-order chi connectivity index (χ0) is 14.4. The summed E-state index contributed by atoms with van der Waals surface area (Å²) in [5.74, 6) is 0.509. The Labute approximate surface area is 126 Å². The molecule has 108 valence electrons. The lowest BCUT2D eigenvalue weighted by Gasteiger charge is -2.21. The Morgan fingerprint density at radius 3 is 2.55 bits per heavy atom. The first-order chi connectivity index (χ1) is 9.63. The maximum Gasteiger partial charge on any atom is 0.173 e. The van der Waals surface area contributed by atoms with E-state index in [0.29, 0.717) is 5.92 Å². The van der Waals surface area contributed by atoms with E-state index in [9.17, 15) is 0 Å². The molecule has 0 bridgehead atoms. The number of rotatable bonds is 7. The summed E-state index contributed by atoms with van der Waals surface area (Å²) in [6, 6.07) is 12.8. The summed E-state index contributed by atoms with van der Waals surface area (Å²) in [5.41, 5.74) is 2.66. The molecule has 2 nitrogen and oxygen atoms in total. The molecule has 1 heterocycles. The van der Waals surface area contributed by atoms with Crippen LogP contribution in [0.1, 0.15) is 11.1 Å². The fourth-order valence-corrected chi connectivity index (χ4v) is 3.08. The van der Waals surface area contributed by atoms with E-state index in [1.807, 2.05) is 0 Å². The standard InChI is InChI=1S/C17H23NOS/c1-14-9-17(20-13-14)19-12-16(11-18(2)3)10-15-7-5-4-6-8-15/h4-9,13,16H,10-12H2,1-3H3. The van der Waals surface area contributed by atoms with Gasteiger partial charge in [0.05, 0.1) is 6.61 Å². The Hall–Kier alpha value is -1.32. The molecule has 2 rings (SSSR count). The maximum absolute atomic E-state index is 5.95. The van der Waals surface area contributed by atoms with E-state index in [-0.39, 0.29) is 0 Å². The van der Waals surface area contributed by atoms with Gasteiger partial charge in [-0.1, -0.05) is 30.3 Å². The van der Waals surface area contributed by atoms with Crippen LogP contribution in [-0.4, -0.2) is 32.1 Å². The van der Waals surface area contributed by atoms with Crippen molar-refractivity contribution in [1.82, 2.24) is 4.90 Å². The van der Waals surface area contributed by atoms with E-state index in [1.54, 1.807) is 11.3 Å². The molecule has 0 fully saturated rings. The average Bonchev–Trinajstić information content (AvgIpc) is 2.82. The molecule has 0 N–H and O–H groups in total. The van der Waals surface area contributed by atoms with Crippen molar-refractivity contribution in [1.29, 1.82) is 0 Å². The zero-order valence-electron chi connectivity index (χ0n) is 12.5. The number of ether oxygens (including phenoxy) is 1. The van der Waals surface area contributed by atoms with Crippen molar-refractivity contribution >= 4 is 11.3 Å². The summed E-state index contributed by atoms with van der Waals surface area (Å²) in [5, 5.41) is 3.16. The molecule has 0 radical (unpaired) electrons. The molecule has 1 unspecified atom stereocenters. The van der Waals surface area contributed by atoms with E-state index < -0.39 is 0 Å². The summed E-state index contributed by atoms with van der Waals surface area (Å²) >= 11 is 1.68. The van der Waals surface area contributed by atoms with Crippen LogP contribution >= 0.6 is 11.3 Å². The second-order valence-electron chi connectivity index (χ2n) is 5.57. The molecule has 1 atom stereocenters. The Bertz CT molecular complexity index is 507. The van der Waals surface area contributed by atoms with Gasteiger partial charge in [0.15, 0.2) is 5.06 Å². The summed E-state index contributed by atoms with van der Waals surface area (Å²) < 4.78 is 5.95.